The number of phenols is 2. The average molecular weight is 533 g/mol. The van der Waals surface area contributed by atoms with E-state index in [1.165, 1.54) is 20.8 Å². The molecule has 1 aliphatic heterocycles. The first-order valence-corrected chi connectivity index (χ1v) is 12.7. The Morgan fingerprint density at radius 3 is 2.38 bits per heavy atom. The molecule has 4 N–H and O–H groups in total. The first-order chi connectivity index (χ1) is 18.3. The van der Waals surface area contributed by atoms with Gasteiger partial charge in [-0.15, -0.1) is 0 Å². The number of anilines is 1. The molecule has 204 valence electrons. The Labute approximate surface area is 226 Å². The summed E-state index contributed by atoms with van der Waals surface area (Å²) >= 11 is 0. The van der Waals surface area contributed by atoms with Gasteiger partial charge in [-0.2, -0.15) is 0 Å². The maximum absolute atomic E-state index is 13.8. The minimum atomic E-state index is -1.59. The van der Waals surface area contributed by atoms with Crippen molar-refractivity contribution in [1.82, 2.24) is 5.32 Å². The molecule has 0 unspecified atom stereocenters. The number of ether oxygens (including phenoxy) is 1. The zero-order chi connectivity index (χ0) is 28.8. The maximum atomic E-state index is 13.8. The first kappa shape index (κ1) is 27.6. The average Bonchev–Trinajstić information content (AvgIpc) is 3.15. The number of fused-ring (bicyclic) bond motifs is 3. The Balaban J connectivity index is 1.59. The molecule has 1 amide bonds. The van der Waals surface area contributed by atoms with E-state index in [9.17, 15) is 29.4 Å². The zero-order valence-corrected chi connectivity index (χ0v) is 22.8. The van der Waals surface area contributed by atoms with Gasteiger partial charge in [0.1, 0.15) is 34.0 Å². The summed E-state index contributed by atoms with van der Waals surface area (Å²) in [4.78, 5) is 51.8. The van der Waals surface area contributed by atoms with Gasteiger partial charge in [-0.25, -0.2) is 0 Å². The molecule has 0 saturated heterocycles. The van der Waals surface area contributed by atoms with Crippen LogP contribution in [-0.4, -0.2) is 40.0 Å². The molecule has 0 saturated carbocycles. The second-order valence-corrected chi connectivity index (χ2v) is 10.4. The number of Topliss-reactive ketones (excluding diaryl/α,β-unsaturated/α-hetero) is 2. The van der Waals surface area contributed by atoms with Crippen LogP contribution in [0.25, 0.3) is 0 Å². The molecule has 4 rings (SSSR count). The fraction of sp³-hybridized carbons (Fsp3) is 0.333. The summed E-state index contributed by atoms with van der Waals surface area (Å²) < 4.78 is 5.77. The van der Waals surface area contributed by atoms with Crippen molar-refractivity contribution >= 4 is 28.9 Å². The third kappa shape index (κ3) is 4.47. The second-order valence-electron chi connectivity index (χ2n) is 10.4. The molecule has 1 aliphatic carbocycles. The van der Waals surface area contributed by atoms with Crippen molar-refractivity contribution in [1.29, 1.82) is 0 Å². The topological polar surface area (TPSA) is 142 Å². The molecule has 2 aromatic carbocycles. The van der Waals surface area contributed by atoms with Gasteiger partial charge >= 0.3 is 0 Å². The highest BCUT2D eigenvalue weighted by molar-refractivity contribution is 6.31. The number of para-hydroxylation sites is 1. The number of phenolic OH excluding ortho intramolecular Hbond substituents is 2. The third-order valence-electron chi connectivity index (χ3n) is 7.36. The second kappa shape index (κ2) is 10.1. The van der Waals surface area contributed by atoms with Crippen molar-refractivity contribution in [2.24, 2.45) is 0 Å². The Bertz CT molecular complexity index is 1500. The van der Waals surface area contributed by atoms with Crippen molar-refractivity contribution in [2.75, 3.05) is 11.9 Å². The molecule has 2 aliphatic rings. The number of carbonyl (C=O) groups excluding carboxylic acids is 4. The first-order valence-electron chi connectivity index (χ1n) is 12.7. The van der Waals surface area contributed by atoms with Gasteiger partial charge < -0.3 is 25.6 Å². The van der Waals surface area contributed by atoms with E-state index in [4.69, 9.17) is 4.74 Å². The number of rotatable bonds is 7. The van der Waals surface area contributed by atoms with Crippen LogP contribution in [-0.2, 0) is 19.8 Å². The number of allylic oxidation sites excluding steroid dienone is 4. The van der Waals surface area contributed by atoms with Crippen molar-refractivity contribution in [3.63, 3.8) is 0 Å². The quantitative estimate of drug-likeness (QED) is 0.235. The minimum absolute atomic E-state index is 0.0279. The van der Waals surface area contributed by atoms with E-state index >= 15 is 0 Å². The summed E-state index contributed by atoms with van der Waals surface area (Å²) in [5.74, 6) is -2.73. The monoisotopic (exact) mass is 532 g/mol. The largest absolute Gasteiger partial charge is 0.507 e. The van der Waals surface area contributed by atoms with Gasteiger partial charge in [-0.3, -0.25) is 19.2 Å². The molecule has 0 radical (unpaired) electrons. The predicted molar refractivity (Wildman–Crippen MR) is 145 cm³/mol. The van der Waals surface area contributed by atoms with Crippen LogP contribution in [0.3, 0.4) is 0 Å². The third-order valence-corrected chi connectivity index (χ3v) is 7.36. The summed E-state index contributed by atoms with van der Waals surface area (Å²) in [6.07, 6.45) is 1.25. The van der Waals surface area contributed by atoms with Crippen LogP contribution in [0.1, 0.15) is 74.0 Å². The van der Waals surface area contributed by atoms with E-state index in [1.807, 2.05) is 38.1 Å². The van der Waals surface area contributed by atoms with Gasteiger partial charge in [0.25, 0.3) is 0 Å². The van der Waals surface area contributed by atoms with E-state index in [-0.39, 0.29) is 70.0 Å². The van der Waals surface area contributed by atoms with Gasteiger partial charge in [-0.1, -0.05) is 32.0 Å². The lowest BCUT2D eigenvalue weighted by Gasteiger charge is -2.29. The van der Waals surface area contributed by atoms with Crippen LogP contribution < -0.4 is 15.4 Å². The molecule has 9 heteroatoms. The number of carbonyl (C=O) groups is 4. The molecule has 0 bridgehead atoms. The summed E-state index contributed by atoms with van der Waals surface area (Å²) in [6.45, 7) is 9.98. The van der Waals surface area contributed by atoms with Crippen molar-refractivity contribution in [3.05, 3.63) is 69.6 Å². The molecule has 2 aromatic rings. The Hall–Kier alpha value is -4.40. The van der Waals surface area contributed by atoms with Crippen molar-refractivity contribution in [3.8, 4) is 17.2 Å². The smallest absolute Gasteiger partial charge is 0.226 e. The Morgan fingerprint density at radius 2 is 1.74 bits per heavy atom. The lowest BCUT2D eigenvalue weighted by molar-refractivity contribution is -0.123. The number of ketones is 3. The Kier molecular flexibility index (Phi) is 7.12. The number of hydrogen-bond acceptors (Lipinski definition) is 8. The normalized spacial score (nSPS) is 19.2. The number of amides is 1. The molecule has 9 nitrogen and oxygen atoms in total. The number of benzene rings is 2. The van der Waals surface area contributed by atoms with Crippen LogP contribution in [0.4, 0.5) is 5.69 Å². The van der Waals surface area contributed by atoms with E-state index in [0.717, 1.165) is 17.3 Å². The fourth-order valence-electron chi connectivity index (χ4n) is 5.14. The summed E-state index contributed by atoms with van der Waals surface area (Å²) in [7, 11) is 0. The zero-order valence-electron chi connectivity index (χ0n) is 22.8. The van der Waals surface area contributed by atoms with Crippen LogP contribution in [0.15, 0.2) is 47.4 Å². The van der Waals surface area contributed by atoms with Crippen molar-refractivity contribution in [2.45, 2.75) is 59.3 Å². The minimum Gasteiger partial charge on any atom is -0.507 e. The highest BCUT2D eigenvalue weighted by Gasteiger charge is 2.56. The highest BCUT2D eigenvalue weighted by Crippen LogP contribution is 2.57. The fourth-order valence-corrected chi connectivity index (χ4v) is 5.14. The molecule has 0 aromatic heterocycles. The number of aromatic hydroxyl groups is 2. The molecule has 39 heavy (non-hydrogen) atoms. The SMILES string of the molecule is CC(=O)c1c(O)c(C)c(O)c2c1OC1=CC(=O)C(=C(C)NCCC(=O)Nc3ccccc3C(C)C)C(=O)[C@@]12C. The van der Waals surface area contributed by atoms with Crippen LogP contribution >= 0.6 is 0 Å². The number of hydrogen-bond donors (Lipinski definition) is 4. The molecule has 0 fully saturated rings. The summed E-state index contributed by atoms with van der Waals surface area (Å²) in [5, 5.41) is 27.3. The van der Waals surface area contributed by atoms with E-state index in [0.29, 0.717) is 0 Å². The van der Waals surface area contributed by atoms with E-state index in [2.05, 4.69) is 10.6 Å². The lowest BCUT2D eigenvalue weighted by Crippen LogP contribution is -2.41. The van der Waals surface area contributed by atoms with Gasteiger partial charge in [-0.05, 0) is 45.2 Å². The van der Waals surface area contributed by atoms with Gasteiger partial charge in [0.15, 0.2) is 17.3 Å². The summed E-state index contributed by atoms with van der Waals surface area (Å²) in [6, 6.07) is 7.56. The van der Waals surface area contributed by atoms with E-state index in [1.54, 1.807) is 6.92 Å². The van der Waals surface area contributed by atoms with Gasteiger partial charge in [0.05, 0.1) is 11.1 Å². The van der Waals surface area contributed by atoms with Gasteiger partial charge in [0, 0.05) is 36.0 Å². The molecular formula is C30H32N2O7. The highest BCUT2D eigenvalue weighted by atomic mass is 16.5. The molecule has 0 spiro atoms. The van der Waals surface area contributed by atoms with Gasteiger partial charge in [0.2, 0.25) is 5.91 Å². The van der Waals surface area contributed by atoms with Crippen LogP contribution in [0, 0.1) is 6.92 Å². The van der Waals surface area contributed by atoms with Crippen LogP contribution in [0.5, 0.6) is 17.2 Å². The Morgan fingerprint density at radius 1 is 1.08 bits per heavy atom. The maximum Gasteiger partial charge on any atom is 0.226 e. The molecule has 1 atom stereocenters. The molecule has 1 heterocycles. The summed E-state index contributed by atoms with van der Waals surface area (Å²) in [5.41, 5.74) is 0.186. The van der Waals surface area contributed by atoms with E-state index < -0.39 is 28.5 Å². The lowest BCUT2D eigenvalue weighted by atomic mass is 9.70. The van der Waals surface area contributed by atoms with Crippen molar-refractivity contribution < 1.29 is 34.1 Å². The van der Waals surface area contributed by atoms with Crippen LogP contribution in [0.2, 0.25) is 0 Å². The molecular weight excluding hydrogens is 500 g/mol. The standard InChI is InChI=1S/C30H32N2O7/c1-14(2)18-9-7-8-10-19(18)32-22(35)11-12-31-16(4)23-20(34)13-21-30(6,29(23)38)25-27(37)15(3)26(36)24(17(5)33)28(25)39-21/h7-10,13-14,31,36-37H,11-12H2,1-6H3,(H,32,35)/t30-/m0/s1. The number of nitrogens with one attached hydrogen (secondary N) is 2. The predicted octanol–water partition coefficient (Wildman–Crippen LogP) is 4.31.